The molecule has 4 N–H and O–H groups in total. The Labute approximate surface area is 239 Å². The van der Waals surface area contributed by atoms with E-state index in [1.54, 1.807) is 25.1 Å². The molecule has 0 radical (unpaired) electrons. The second kappa shape index (κ2) is 9.89. The summed E-state index contributed by atoms with van der Waals surface area (Å²) in [5.41, 5.74) is 3.23. The van der Waals surface area contributed by atoms with Crippen LogP contribution in [0.3, 0.4) is 0 Å². The summed E-state index contributed by atoms with van der Waals surface area (Å²) in [4.78, 5) is 29.6. The first-order chi connectivity index (χ1) is 19.7. The average molecular weight is 576 g/mol. The molecule has 41 heavy (non-hydrogen) atoms. The number of fused-ring (bicyclic) bond motifs is 5. The summed E-state index contributed by atoms with van der Waals surface area (Å²) in [6, 6.07) is 8.12. The summed E-state index contributed by atoms with van der Waals surface area (Å²) in [7, 11) is 2.05. The fourth-order valence-corrected chi connectivity index (χ4v) is 7.64. The fraction of sp³-hybridized carbons (Fsp3) is 0.379. The lowest BCUT2D eigenvalue weighted by molar-refractivity contribution is 0.102. The van der Waals surface area contributed by atoms with Crippen LogP contribution < -0.4 is 16.2 Å². The summed E-state index contributed by atoms with van der Waals surface area (Å²) in [6.45, 7) is 4.14. The number of thiophene rings is 1. The Morgan fingerprint density at radius 3 is 2.93 bits per heavy atom. The van der Waals surface area contributed by atoms with Gasteiger partial charge < -0.3 is 15.7 Å². The molecule has 4 aromatic rings. The van der Waals surface area contributed by atoms with Gasteiger partial charge in [-0.1, -0.05) is 0 Å². The van der Waals surface area contributed by atoms with Gasteiger partial charge in [0.15, 0.2) is 5.82 Å². The topological polar surface area (TPSA) is 128 Å². The Morgan fingerprint density at radius 1 is 1.22 bits per heavy atom. The van der Waals surface area contributed by atoms with Crippen molar-refractivity contribution in [2.24, 2.45) is 5.92 Å². The second-order valence-corrected chi connectivity index (χ2v) is 12.4. The van der Waals surface area contributed by atoms with Crippen LogP contribution in [0.4, 0.5) is 21.6 Å². The van der Waals surface area contributed by atoms with Crippen LogP contribution in [-0.4, -0.2) is 49.5 Å². The van der Waals surface area contributed by atoms with Gasteiger partial charge in [-0.25, -0.2) is 9.49 Å². The Bertz CT molecular complexity index is 1730. The van der Waals surface area contributed by atoms with Crippen molar-refractivity contribution in [3.8, 4) is 11.3 Å². The predicted molar refractivity (Wildman–Crippen MR) is 154 cm³/mol. The van der Waals surface area contributed by atoms with Crippen LogP contribution in [-0.2, 0) is 13.1 Å². The number of aliphatic hydroxyl groups excluding tert-OH is 1. The maximum absolute atomic E-state index is 15.0. The van der Waals surface area contributed by atoms with Gasteiger partial charge in [0.1, 0.15) is 11.5 Å². The van der Waals surface area contributed by atoms with Crippen LogP contribution in [0.25, 0.3) is 11.3 Å². The second-order valence-electron chi connectivity index (χ2n) is 11.3. The standard InChI is InChI=1S/C29H30FN7O3S/c1-14-18(21-12-22(28(39)34-33-21)31-24-10-17-13-36(2)7-8-37(17)35-24)5-6-20(30)25(14)32-29(40)23-11-19-26(38)15-3-4-16(9-15)27(19)41-23/h5-6,10-12,15-16,26,38H,3-4,7-9,13H2,1-2H3,(H,32,40)(H,34,39)(H,31,33,35)/t15?,16?,26-/m1/s1. The van der Waals surface area contributed by atoms with Gasteiger partial charge in [-0.2, -0.15) is 10.2 Å². The lowest BCUT2D eigenvalue weighted by atomic mass is 9.86. The molecule has 2 unspecified atom stereocenters. The minimum Gasteiger partial charge on any atom is -0.388 e. The number of benzene rings is 1. The molecule has 0 spiro atoms. The van der Waals surface area contributed by atoms with Crippen molar-refractivity contribution >= 4 is 34.4 Å². The van der Waals surface area contributed by atoms with E-state index in [0.717, 1.165) is 55.0 Å². The normalized spacial score (nSPS) is 21.4. The predicted octanol–water partition coefficient (Wildman–Crippen LogP) is 4.51. The number of aliphatic hydroxyl groups is 1. The van der Waals surface area contributed by atoms with E-state index in [1.807, 2.05) is 17.8 Å². The minimum absolute atomic E-state index is 0.0503. The number of nitrogens with zero attached hydrogens (tertiary/aromatic N) is 4. The van der Waals surface area contributed by atoms with Gasteiger partial charge in [0.25, 0.3) is 11.5 Å². The Balaban J connectivity index is 1.16. The molecule has 2 bridgehead atoms. The number of hydrogen-bond donors (Lipinski definition) is 4. The monoisotopic (exact) mass is 575 g/mol. The third-order valence-electron chi connectivity index (χ3n) is 8.61. The van der Waals surface area contributed by atoms with Crippen molar-refractivity contribution in [1.29, 1.82) is 0 Å². The number of nitrogens with one attached hydrogen (secondary N) is 3. The molecule has 1 saturated carbocycles. The highest BCUT2D eigenvalue weighted by molar-refractivity contribution is 7.14. The van der Waals surface area contributed by atoms with Gasteiger partial charge in [0.2, 0.25) is 0 Å². The molecule has 3 aliphatic rings. The maximum atomic E-state index is 15.0. The maximum Gasteiger partial charge on any atom is 0.287 e. The summed E-state index contributed by atoms with van der Waals surface area (Å²) < 4.78 is 17.0. The number of aromatic amines is 1. The molecule has 1 fully saturated rings. The highest BCUT2D eigenvalue weighted by Gasteiger charge is 2.40. The zero-order chi connectivity index (χ0) is 28.4. The number of carbonyl (C=O) groups is 1. The SMILES string of the molecule is Cc1c(-c2cc(Nc3cc4n(n3)CCN(C)C4)c(=O)[nH]n2)ccc(F)c1NC(=O)c1cc2c(s1)C1CCC(C1)[C@H]2O. The van der Waals surface area contributed by atoms with Gasteiger partial charge in [-0.15, -0.1) is 11.3 Å². The van der Waals surface area contributed by atoms with Crippen molar-refractivity contribution < 1.29 is 14.3 Å². The average Bonchev–Trinajstić information content (AvgIpc) is 3.68. The van der Waals surface area contributed by atoms with Crippen molar-refractivity contribution in [2.45, 2.75) is 51.3 Å². The van der Waals surface area contributed by atoms with Crippen LogP contribution in [0, 0.1) is 18.7 Å². The van der Waals surface area contributed by atoms with Gasteiger partial charge in [0, 0.05) is 29.6 Å². The molecule has 3 aromatic heterocycles. The van der Waals surface area contributed by atoms with Gasteiger partial charge >= 0.3 is 0 Å². The molecule has 1 aliphatic heterocycles. The number of likely N-dealkylation sites (N-methyl/N-ethyl adjacent to an activating group) is 1. The smallest absolute Gasteiger partial charge is 0.287 e. The first-order valence-corrected chi connectivity index (χ1v) is 14.6. The molecule has 1 aromatic carbocycles. The number of rotatable bonds is 5. The first kappa shape index (κ1) is 26.1. The molecule has 3 atom stereocenters. The molecule has 212 valence electrons. The zero-order valence-electron chi connectivity index (χ0n) is 22.7. The van der Waals surface area contributed by atoms with E-state index in [2.05, 4.69) is 30.8 Å². The van der Waals surface area contributed by atoms with E-state index in [0.29, 0.717) is 33.4 Å². The fourth-order valence-electron chi connectivity index (χ4n) is 6.39. The minimum atomic E-state index is -0.573. The molecule has 7 rings (SSSR count). The van der Waals surface area contributed by atoms with Crippen LogP contribution in [0.2, 0.25) is 0 Å². The molecule has 2 aliphatic carbocycles. The van der Waals surface area contributed by atoms with E-state index in [1.165, 1.54) is 17.4 Å². The van der Waals surface area contributed by atoms with Crippen LogP contribution in [0.15, 0.2) is 35.1 Å². The number of hydrogen-bond acceptors (Lipinski definition) is 8. The van der Waals surface area contributed by atoms with E-state index in [9.17, 15) is 14.7 Å². The lowest BCUT2D eigenvalue weighted by Crippen LogP contribution is -2.30. The van der Waals surface area contributed by atoms with E-state index >= 15 is 4.39 Å². The third-order valence-corrected chi connectivity index (χ3v) is 9.92. The van der Waals surface area contributed by atoms with Gasteiger partial charge in [0.05, 0.1) is 34.6 Å². The van der Waals surface area contributed by atoms with Crippen molar-refractivity contribution in [3.63, 3.8) is 0 Å². The number of H-pyrrole nitrogens is 1. The number of anilines is 3. The Kier molecular flexibility index (Phi) is 6.29. The largest absolute Gasteiger partial charge is 0.388 e. The summed E-state index contributed by atoms with van der Waals surface area (Å²) in [6.07, 6.45) is 2.43. The molecule has 1 amide bonds. The number of amides is 1. The summed E-state index contributed by atoms with van der Waals surface area (Å²) >= 11 is 1.39. The van der Waals surface area contributed by atoms with Crippen LogP contribution in [0.1, 0.15) is 62.7 Å². The van der Waals surface area contributed by atoms with Gasteiger partial charge in [-0.3, -0.25) is 19.2 Å². The zero-order valence-corrected chi connectivity index (χ0v) is 23.5. The molecule has 10 nitrogen and oxygen atoms in total. The Morgan fingerprint density at radius 2 is 2.07 bits per heavy atom. The Hall–Kier alpha value is -3.87. The number of halogens is 1. The van der Waals surface area contributed by atoms with E-state index < -0.39 is 23.4 Å². The highest BCUT2D eigenvalue weighted by Crippen LogP contribution is 2.53. The van der Waals surface area contributed by atoms with Crippen molar-refractivity contribution in [1.82, 2.24) is 24.9 Å². The highest BCUT2D eigenvalue weighted by atomic mass is 32.1. The third kappa shape index (κ3) is 4.55. The number of carbonyl (C=O) groups excluding carboxylic acids is 1. The van der Waals surface area contributed by atoms with Crippen molar-refractivity contribution in [2.75, 3.05) is 24.2 Å². The van der Waals surface area contributed by atoms with Crippen LogP contribution >= 0.6 is 11.3 Å². The molecular weight excluding hydrogens is 545 g/mol. The molecule has 4 heterocycles. The quantitative estimate of drug-likeness (QED) is 0.276. The van der Waals surface area contributed by atoms with Gasteiger partial charge in [-0.05, 0) is 80.5 Å². The van der Waals surface area contributed by atoms with E-state index in [4.69, 9.17) is 0 Å². The van der Waals surface area contributed by atoms with Crippen molar-refractivity contribution in [3.05, 3.63) is 73.1 Å². The molecular formula is C29H30FN7O3S. The first-order valence-electron chi connectivity index (χ1n) is 13.8. The molecule has 12 heteroatoms. The van der Waals surface area contributed by atoms with E-state index in [-0.39, 0.29) is 17.3 Å². The summed E-state index contributed by atoms with van der Waals surface area (Å²) in [5, 5.41) is 27.9. The summed E-state index contributed by atoms with van der Waals surface area (Å²) in [5.74, 6) is 0.196. The number of aromatic nitrogens is 4. The molecule has 0 saturated heterocycles. The van der Waals surface area contributed by atoms with Crippen LogP contribution in [0.5, 0.6) is 0 Å². The lowest BCUT2D eigenvalue weighted by Gasteiger charge is -2.24.